The van der Waals surface area contributed by atoms with E-state index in [-0.39, 0.29) is 12.6 Å². The van der Waals surface area contributed by atoms with Crippen molar-refractivity contribution in [2.75, 3.05) is 6.79 Å². The first-order valence-corrected chi connectivity index (χ1v) is 6.13. The molecule has 6 nitrogen and oxygen atoms in total. The number of carboxylic acids is 1. The van der Waals surface area contributed by atoms with Crippen molar-refractivity contribution in [3.8, 4) is 11.5 Å². The van der Waals surface area contributed by atoms with Gasteiger partial charge in [0.05, 0.1) is 6.26 Å². The van der Waals surface area contributed by atoms with Crippen LogP contribution >= 0.6 is 0 Å². The zero-order chi connectivity index (χ0) is 13.9. The molecule has 1 aromatic heterocycles. The summed E-state index contributed by atoms with van der Waals surface area (Å²) in [4.78, 5) is 10.9. The van der Waals surface area contributed by atoms with Gasteiger partial charge >= 0.3 is 5.97 Å². The van der Waals surface area contributed by atoms with E-state index in [1.165, 1.54) is 6.26 Å². The molecule has 1 aliphatic rings. The highest BCUT2D eigenvalue weighted by Gasteiger charge is 2.14. The maximum absolute atomic E-state index is 10.9. The van der Waals surface area contributed by atoms with Crippen LogP contribution in [0.15, 0.2) is 34.9 Å². The lowest BCUT2D eigenvalue weighted by Crippen LogP contribution is -2.14. The Labute approximate surface area is 114 Å². The number of fused-ring (bicyclic) bond motifs is 1. The van der Waals surface area contributed by atoms with Gasteiger partial charge in [0.25, 0.3) is 0 Å². The molecule has 0 saturated heterocycles. The Bertz CT molecular complexity index is 634. The molecule has 1 aromatic carbocycles. The van der Waals surface area contributed by atoms with Gasteiger partial charge in [0.1, 0.15) is 0 Å². The van der Waals surface area contributed by atoms with Crippen molar-refractivity contribution in [1.29, 1.82) is 0 Å². The summed E-state index contributed by atoms with van der Waals surface area (Å²) in [7, 11) is 0. The summed E-state index contributed by atoms with van der Waals surface area (Å²) in [5.74, 6) is 0.397. The predicted octanol–water partition coefficient (Wildman–Crippen LogP) is 2.00. The molecule has 1 aliphatic heterocycles. The second-order valence-electron chi connectivity index (χ2n) is 4.37. The lowest BCUT2D eigenvalue weighted by atomic mass is 10.2. The van der Waals surface area contributed by atoms with Gasteiger partial charge in [0, 0.05) is 18.7 Å². The molecule has 2 N–H and O–H groups in total. The van der Waals surface area contributed by atoms with E-state index in [4.69, 9.17) is 19.0 Å². The van der Waals surface area contributed by atoms with Gasteiger partial charge in [-0.1, -0.05) is 6.07 Å². The van der Waals surface area contributed by atoms with Crippen molar-refractivity contribution in [2.45, 2.75) is 13.1 Å². The summed E-state index contributed by atoms with van der Waals surface area (Å²) in [6.07, 6.45) is 1.38. The van der Waals surface area contributed by atoms with E-state index in [1.807, 2.05) is 18.2 Å². The van der Waals surface area contributed by atoms with Crippen molar-refractivity contribution in [3.63, 3.8) is 0 Å². The van der Waals surface area contributed by atoms with Crippen molar-refractivity contribution < 1.29 is 23.8 Å². The van der Waals surface area contributed by atoms with E-state index in [9.17, 15) is 4.79 Å². The second-order valence-corrected chi connectivity index (χ2v) is 4.37. The summed E-state index contributed by atoms with van der Waals surface area (Å²) >= 11 is 0. The summed E-state index contributed by atoms with van der Waals surface area (Å²) in [6, 6.07) is 7.35. The number of benzene rings is 1. The van der Waals surface area contributed by atoms with Gasteiger partial charge in [-0.15, -0.1) is 0 Å². The summed E-state index contributed by atoms with van der Waals surface area (Å²) in [6.45, 7) is 1.27. The van der Waals surface area contributed by atoms with Crippen LogP contribution in [0.25, 0.3) is 0 Å². The molecular formula is C14H13NO5. The van der Waals surface area contributed by atoms with Crippen LogP contribution in [0.1, 0.15) is 21.7 Å². The SMILES string of the molecule is O=C(O)c1occc1CNCc1ccc2c(c1)OCO2. The quantitative estimate of drug-likeness (QED) is 0.868. The average Bonchev–Trinajstić information content (AvgIpc) is 3.06. The molecule has 2 heterocycles. The number of carbonyl (C=O) groups is 1. The van der Waals surface area contributed by atoms with Gasteiger partial charge in [-0.05, 0) is 23.8 Å². The number of hydrogen-bond donors (Lipinski definition) is 2. The molecule has 2 aromatic rings. The van der Waals surface area contributed by atoms with Crippen molar-refractivity contribution in [2.24, 2.45) is 0 Å². The lowest BCUT2D eigenvalue weighted by Gasteiger charge is -2.05. The Morgan fingerprint density at radius 1 is 1.20 bits per heavy atom. The largest absolute Gasteiger partial charge is 0.475 e. The highest BCUT2D eigenvalue weighted by molar-refractivity contribution is 5.86. The second kappa shape index (κ2) is 5.26. The number of carboxylic acid groups (broad SMARTS) is 1. The zero-order valence-electron chi connectivity index (χ0n) is 10.6. The number of furan rings is 1. The molecule has 0 fully saturated rings. The molecule has 0 atom stereocenters. The molecule has 0 unspecified atom stereocenters. The van der Waals surface area contributed by atoms with E-state index in [0.717, 1.165) is 17.1 Å². The highest BCUT2D eigenvalue weighted by atomic mass is 16.7. The van der Waals surface area contributed by atoms with E-state index >= 15 is 0 Å². The molecule has 0 radical (unpaired) electrons. The third-order valence-corrected chi connectivity index (χ3v) is 3.02. The standard InChI is InChI=1S/C14H13NO5/c16-14(17)13-10(3-4-18-13)7-15-6-9-1-2-11-12(5-9)20-8-19-11/h1-5,15H,6-8H2,(H,16,17). The van der Waals surface area contributed by atoms with E-state index in [0.29, 0.717) is 18.7 Å². The fraction of sp³-hybridized carbons (Fsp3) is 0.214. The van der Waals surface area contributed by atoms with E-state index < -0.39 is 5.97 Å². The first kappa shape index (κ1) is 12.6. The maximum atomic E-state index is 10.9. The normalized spacial score (nSPS) is 12.6. The molecule has 3 rings (SSSR count). The monoisotopic (exact) mass is 275 g/mol. The average molecular weight is 275 g/mol. The minimum Gasteiger partial charge on any atom is -0.475 e. The van der Waals surface area contributed by atoms with Gasteiger partial charge in [0.2, 0.25) is 12.6 Å². The lowest BCUT2D eigenvalue weighted by molar-refractivity contribution is 0.0660. The van der Waals surface area contributed by atoms with Crippen molar-refractivity contribution in [3.05, 3.63) is 47.4 Å². The fourth-order valence-electron chi connectivity index (χ4n) is 2.05. The van der Waals surface area contributed by atoms with Crippen LogP contribution in [0.2, 0.25) is 0 Å². The van der Waals surface area contributed by atoms with E-state index in [2.05, 4.69) is 5.32 Å². The molecule has 0 aliphatic carbocycles. The first-order valence-electron chi connectivity index (χ1n) is 6.13. The smallest absolute Gasteiger partial charge is 0.372 e. The minimum atomic E-state index is -1.06. The molecule has 20 heavy (non-hydrogen) atoms. The molecule has 0 amide bonds. The number of hydrogen-bond acceptors (Lipinski definition) is 5. The molecule has 0 spiro atoms. The Kier molecular flexibility index (Phi) is 3.30. The van der Waals surface area contributed by atoms with Crippen LogP contribution in [0.4, 0.5) is 0 Å². The van der Waals surface area contributed by atoms with Crippen molar-refractivity contribution in [1.82, 2.24) is 5.32 Å². The topological polar surface area (TPSA) is 80.9 Å². The number of aromatic carboxylic acids is 1. The first-order chi connectivity index (χ1) is 9.74. The highest BCUT2D eigenvalue weighted by Crippen LogP contribution is 2.32. The minimum absolute atomic E-state index is 0.0248. The fourth-order valence-corrected chi connectivity index (χ4v) is 2.05. The summed E-state index contributed by atoms with van der Waals surface area (Å²) < 4.78 is 15.5. The van der Waals surface area contributed by atoms with E-state index in [1.54, 1.807) is 6.07 Å². The van der Waals surface area contributed by atoms with Gasteiger partial charge < -0.3 is 24.3 Å². The third-order valence-electron chi connectivity index (χ3n) is 3.02. The predicted molar refractivity (Wildman–Crippen MR) is 68.8 cm³/mol. The van der Waals surface area contributed by atoms with Crippen LogP contribution in [-0.2, 0) is 13.1 Å². The van der Waals surface area contributed by atoms with Gasteiger partial charge in [-0.25, -0.2) is 4.79 Å². The van der Waals surface area contributed by atoms with Crippen LogP contribution < -0.4 is 14.8 Å². The molecule has 104 valence electrons. The Hall–Kier alpha value is -2.47. The van der Waals surface area contributed by atoms with Gasteiger partial charge in [-0.2, -0.15) is 0 Å². The van der Waals surface area contributed by atoms with Crippen LogP contribution in [0.3, 0.4) is 0 Å². The summed E-state index contributed by atoms with van der Waals surface area (Å²) in [5.41, 5.74) is 1.66. The molecule has 0 saturated carbocycles. The number of nitrogens with one attached hydrogen (secondary N) is 1. The van der Waals surface area contributed by atoms with Gasteiger partial charge in [0.15, 0.2) is 11.5 Å². The molecular weight excluding hydrogens is 262 g/mol. The Morgan fingerprint density at radius 2 is 2.05 bits per heavy atom. The van der Waals surface area contributed by atoms with Crippen molar-refractivity contribution >= 4 is 5.97 Å². The zero-order valence-corrected chi connectivity index (χ0v) is 10.6. The maximum Gasteiger partial charge on any atom is 0.372 e. The Morgan fingerprint density at radius 3 is 2.90 bits per heavy atom. The van der Waals surface area contributed by atoms with Crippen LogP contribution in [0, 0.1) is 0 Å². The van der Waals surface area contributed by atoms with Crippen LogP contribution in [-0.4, -0.2) is 17.9 Å². The summed E-state index contributed by atoms with van der Waals surface area (Å²) in [5, 5.41) is 12.1. The third kappa shape index (κ3) is 2.46. The number of rotatable bonds is 5. The number of ether oxygens (including phenoxy) is 2. The Balaban J connectivity index is 1.60. The molecule has 6 heteroatoms. The van der Waals surface area contributed by atoms with Gasteiger partial charge in [-0.3, -0.25) is 0 Å². The van der Waals surface area contributed by atoms with Crippen LogP contribution in [0.5, 0.6) is 11.5 Å². The molecule has 0 bridgehead atoms.